The van der Waals surface area contributed by atoms with E-state index in [0.29, 0.717) is 39.9 Å². The lowest BCUT2D eigenvalue weighted by Crippen LogP contribution is -2.44. The Hall–Kier alpha value is -3.16. The number of nitrogens with zero attached hydrogens (tertiary/aromatic N) is 3. The summed E-state index contributed by atoms with van der Waals surface area (Å²) in [6.45, 7) is 5.64. The van der Waals surface area contributed by atoms with E-state index in [0.717, 1.165) is 50.4 Å². The van der Waals surface area contributed by atoms with E-state index in [1.165, 1.54) is 7.11 Å². The Labute approximate surface area is 193 Å². The number of likely N-dealkylation sites (N-methyl/N-ethyl adjacent to an activating group) is 1. The van der Waals surface area contributed by atoms with Crippen molar-refractivity contribution >= 4 is 16.6 Å². The van der Waals surface area contributed by atoms with Crippen LogP contribution in [0.2, 0.25) is 0 Å². The Morgan fingerprint density at radius 2 is 1.61 bits per heavy atom. The fraction of sp³-hybridized carbons (Fsp3) is 0.385. The number of fused-ring (bicyclic) bond motifs is 5. The fourth-order valence-corrected chi connectivity index (χ4v) is 5.12. The first-order valence-corrected chi connectivity index (χ1v) is 11.4. The van der Waals surface area contributed by atoms with Crippen molar-refractivity contribution in [3.8, 4) is 22.8 Å². The Kier molecular flexibility index (Phi) is 5.68. The minimum Gasteiger partial charge on any atom is -0.493 e. The summed E-state index contributed by atoms with van der Waals surface area (Å²) in [5, 5.41) is 1.01. The van der Waals surface area contributed by atoms with Gasteiger partial charge in [-0.1, -0.05) is 24.3 Å². The highest BCUT2D eigenvalue weighted by molar-refractivity contribution is 6.27. The van der Waals surface area contributed by atoms with E-state index in [2.05, 4.69) is 16.8 Å². The molecule has 2 heterocycles. The number of carbonyl (C=O) groups excluding carboxylic acids is 1. The monoisotopic (exact) mass is 447 g/mol. The zero-order chi connectivity index (χ0) is 23.1. The van der Waals surface area contributed by atoms with Crippen LogP contribution >= 0.6 is 0 Å². The van der Waals surface area contributed by atoms with Gasteiger partial charge in [-0.15, -0.1) is 0 Å². The minimum atomic E-state index is -0.151. The van der Waals surface area contributed by atoms with E-state index in [9.17, 15) is 9.59 Å². The maximum absolute atomic E-state index is 13.9. The van der Waals surface area contributed by atoms with E-state index in [1.807, 2.05) is 24.3 Å². The Morgan fingerprint density at radius 3 is 2.30 bits per heavy atom. The molecular formula is C26H29N3O4. The van der Waals surface area contributed by atoms with Crippen molar-refractivity contribution in [2.45, 2.75) is 13.0 Å². The van der Waals surface area contributed by atoms with Crippen LogP contribution in [0.5, 0.6) is 11.5 Å². The van der Waals surface area contributed by atoms with Gasteiger partial charge in [-0.2, -0.15) is 0 Å². The molecule has 172 valence electrons. The average Bonchev–Trinajstić information content (AvgIpc) is 3.14. The van der Waals surface area contributed by atoms with Gasteiger partial charge in [0, 0.05) is 49.2 Å². The molecule has 1 aliphatic carbocycles. The van der Waals surface area contributed by atoms with Crippen molar-refractivity contribution in [1.82, 2.24) is 14.4 Å². The summed E-state index contributed by atoms with van der Waals surface area (Å²) in [6.07, 6.45) is 0.824. The molecule has 7 heteroatoms. The number of rotatable bonds is 6. The molecule has 5 rings (SSSR count). The highest BCUT2D eigenvalue weighted by Gasteiger charge is 2.33. The summed E-state index contributed by atoms with van der Waals surface area (Å²) in [6, 6.07) is 11.1. The summed E-state index contributed by atoms with van der Waals surface area (Å²) >= 11 is 0. The predicted molar refractivity (Wildman–Crippen MR) is 129 cm³/mol. The maximum atomic E-state index is 13.9. The number of benzene rings is 2. The lowest BCUT2D eigenvalue weighted by molar-refractivity contribution is 0.104. The van der Waals surface area contributed by atoms with Gasteiger partial charge in [-0.25, -0.2) is 0 Å². The van der Waals surface area contributed by atoms with Crippen LogP contribution in [0.4, 0.5) is 0 Å². The second-order valence-corrected chi connectivity index (χ2v) is 8.78. The zero-order valence-electron chi connectivity index (χ0n) is 19.4. The van der Waals surface area contributed by atoms with Gasteiger partial charge in [0.2, 0.25) is 0 Å². The number of methoxy groups -OCH3 is 2. The molecule has 2 aliphatic rings. The number of hydrogen-bond acceptors (Lipinski definition) is 6. The molecule has 1 aromatic heterocycles. The molecular weight excluding hydrogens is 418 g/mol. The van der Waals surface area contributed by atoms with E-state index in [1.54, 1.807) is 23.8 Å². The first kappa shape index (κ1) is 21.7. The molecule has 0 atom stereocenters. The number of ketones is 1. The molecule has 0 amide bonds. The van der Waals surface area contributed by atoms with Crippen molar-refractivity contribution in [1.29, 1.82) is 0 Å². The smallest absolute Gasteiger partial charge is 0.262 e. The number of hydrogen-bond donors (Lipinski definition) is 0. The van der Waals surface area contributed by atoms with Crippen LogP contribution in [0.3, 0.4) is 0 Å². The third-order valence-corrected chi connectivity index (χ3v) is 6.89. The summed E-state index contributed by atoms with van der Waals surface area (Å²) < 4.78 is 12.8. The van der Waals surface area contributed by atoms with Crippen LogP contribution in [0, 0.1) is 0 Å². The van der Waals surface area contributed by atoms with Gasteiger partial charge in [0.05, 0.1) is 30.9 Å². The standard InChI is InChI=1S/C26H29N3O4/c1-27-13-15-28(16-14-27)11-6-12-29-23-17-7-4-5-8-18(17)24(30)21(23)19-9-10-20(32-2)25(33-3)22(19)26(29)31/h4-5,7-10H,6,11-16H2,1-3H3. The summed E-state index contributed by atoms with van der Waals surface area (Å²) in [4.78, 5) is 32.1. The molecule has 0 N–H and O–H groups in total. The van der Waals surface area contributed by atoms with Gasteiger partial charge in [-0.3, -0.25) is 9.59 Å². The van der Waals surface area contributed by atoms with Gasteiger partial charge in [0.15, 0.2) is 17.3 Å². The lowest BCUT2D eigenvalue weighted by atomic mass is 10.0. The molecule has 7 nitrogen and oxygen atoms in total. The third-order valence-electron chi connectivity index (χ3n) is 6.89. The molecule has 0 saturated carbocycles. The first-order valence-electron chi connectivity index (χ1n) is 11.4. The van der Waals surface area contributed by atoms with Gasteiger partial charge >= 0.3 is 0 Å². The van der Waals surface area contributed by atoms with Gasteiger partial charge in [0.25, 0.3) is 5.56 Å². The van der Waals surface area contributed by atoms with Crippen LogP contribution in [-0.2, 0) is 6.54 Å². The van der Waals surface area contributed by atoms with Crippen molar-refractivity contribution in [3.63, 3.8) is 0 Å². The third kappa shape index (κ3) is 3.52. The van der Waals surface area contributed by atoms with Crippen molar-refractivity contribution in [2.75, 3.05) is 54.0 Å². The quantitative estimate of drug-likeness (QED) is 0.453. The molecule has 1 saturated heterocycles. The largest absolute Gasteiger partial charge is 0.493 e. The highest BCUT2D eigenvalue weighted by Crippen LogP contribution is 2.43. The zero-order valence-corrected chi connectivity index (χ0v) is 19.4. The topological polar surface area (TPSA) is 64.0 Å². The average molecular weight is 448 g/mol. The predicted octanol–water partition coefficient (Wildman–Crippen LogP) is 2.87. The Morgan fingerprint density at radius 1 is 0.879 bits per heavy atom. The molecule has 0 unspecified atom stereocenters. The van der Waals surface area contributed by atoms with Gasteiger partial charge in [0.1, 0.15) is 0 Å². The molecule has 0 bridgehead atoms. The SMILES string of the molecule is COc1ccc2c3c(n(CCCN4CCN(C)CC4)c(=O)c2c1OC)-c1ccccc1C3=O. The van der Waals surface area contributed by atoms with E-state index in [4.69, 9.17) is 9.47 Å². The highest BCUT2D eigenvalue weighted by atomic mass is 16.5. The Balaban J connectivity index is 1.64. The molecule has 33 heavy (non-hydrogen) atoms. The molecule has 2 aromatic carbocycles. The lowest BCUT2D eigenvalue weighted by Gasteiger charge is -2.32. The van der Waals surface area contributed by atoms with Crippen LogP contribution in [0.15, 0.2) is 41.2 Å². The van der Waals surface area contributed by atoms with Gasteiger partial charge < -0.3 is 23.8 Å². The molecule has 0 radical (unpaired) electrons. The number of pyridine rings is 1. The fourth-order valence-electron chi connectivity index (χ4n) is 5.12. The molecule has 1 aliphatic heterocycles. The number of aromatic nitrogens is 1. The summed E-state index contributed by atoms with van der Waals surface area (Å²) in [5.41, 5.74) is 2.61. The van der Waals surface area contributed by atoms with E-state index < -0.39 is 0 Å². The number of carbonyl (C=O) groups is 1. The summed E-state index contributed by atoms with van der Waals surface area (Å²) in [5.74, 6) is 0.805. The van der Waals surface area contributed by atoms with Crippen molar-refractivity contribution < 1.29 is 14.3 Å². The van der Waals surface area contributed by atoms with Crippen LogP contribution in [0.25, 0.3) is 22.0 Å². The van der Waals surface area contributed by atoms with Crippen LogP contribution < -0.4 is 15.0 Å². The minimum absolute atomic E-state index is 0.0503. The van der Waals surface area contributed by atoms with E-state index in [-0.39, 0.29) is 11.3 Å². The second kappa shape index (κ2) is 8.65. The van der Waals surface area contributed by atoms with Crippen LogP contribution in [-0.4, -0.2) is 74.1 Å². The van der Waals surface area contributed by atoms with Crippen LogP contribution in [0.1, 0.15) is 22.3 Å². The first-order chi connectivity index (χ1) is 16.0. The number of ether oxygens (including phenoxy) is 2. The normalized spacial score (nSPS) is 16.2. The maximum Gasteiger partial charge on any atom is 0.262 e. The summed E-state index contributed by atoms with van der Waals surface area (Å²) in [7, 11) is 5.22. The molecule has 0 spiro atoms. The number of piperazine rings is 1. The Bertz CT molecular complexity index is 1290. The van der Waals surface area contributed by atoms with Gasteiger partial charge in [-0.05, 0) is 32.1 Å². The van der Waals surface area contributed by atoms with Crippen molar-refractivity contribution in [3.05, 3.63) is 57.9 Å². The second-order valence-electron chi connectivity index (χ2n) is 8.78. The van der Waals surface area contributed by atoms with E-state index >= 15 is 0 Å². The molecule has 3 aromatic rings. The van der Waals surface area contributed by atoms with Crippen molar-refractivity contribution in [2.24, 2.45) is 0 Å². The molecule has 1 fully saturated rings.